The second-order valence-corrected chi connectivity index (χ2v) is 13.6. The second-order valence-electron chi connectivity index (χ2n) is 11.9. The fourth-order valence-corrected chi connectivity index (χ4v) is 7.88. The fraction of sp³-hybridized carbons (Fsp3) is 0.467. The van der Waals surface area contributed by atoms with Crippen LogP contribution in [0.1, 0.15) is 89.0 Å². The summed E-state index contributed by atoms with van der Waals surface area (Å²) < 4.78 is 0. The molecule has 1 aliphatic heterocycles. The maximum Gasteiger partial charge on any atom is 0.0513 e. The summed E-state index contributed by atoms with van der Waals surface area (Å²) in [4.78, 5) is 0. The van der Waals surface area contributed by atoms with Crippen LogP contribution < -0.4 is 0 Å². The van der Waals surface area contributed by atoms with Crippen molar-refractivity contribution >= 4 is 9.52 Å². The average molecular weight is 425 g/mol. The summed E-state index contributed by atoms with van der Waals surface area (Å²) in [7, 11) is 1.04. The van der Waals surface area contributed by atoms with Crippen LogP contribution in [-0.2, 0) is 10.8 Å². The molecule has 1 fully saturated rings. The Bertz CT molecular complexity index is 1010. The Morgan fingerprint density at radius 1 is 0.774 bits per heavy atom. The van der Waals surface area contributed by atoms with E-state index in [0.717, 1.165) is 20.6 Å². The molecule has 0 N–H and O–H groups in total. The van der Waals surface area contributed by atoms with Crippen LogP contribution in [-0.4, -0.2) is 9.52 Å². The van der Waals surface area contributed by atoms with Gasteiger partial charge >= 0.3 is 0 Å². The molecule has 0 amide bonds. The van der Waals surface area contributed by atoms with Crippen LogP contribution in [0.5, 0.6) is 0 Å². The number of hydrogen-bond acceptors (Lipinski definition) is 0. The van der Waals surface area contributed by atoms with Crippen LogP contribution in [0.15, 0.2) is 60.2 Å². The molecule has 160 valence electrons. The summed E-state index contributed by atoms with van der Waals surface area (Å²) in [6.45, 7) is 14.1. The van der Waals surface area contributed by atoms with E-state index in [1.54, 1.807) is 16.7 Å². The first-order valence-corrected chi connectivity index (χ1v) is 13.2. The summed E-state index contributed by atoms with van der Waals surface area (Å²) in [6.07, 6.45) is 10.9. The molecule has 1 heteroatoms. The van der Waals surface area contributed by atoms with Crippen molar-refractivity contribution in [2.45, 2.75) is 88.6 Å². The first-order valence-electron chi connectivity index (χ1n) is 12.0. The normalized spacial score (nSPS) is 23.2. The molecule has 31 heavy (non-hydrogen) atoms. The predicted molar refractivity (Wildman–Crippen MR) is 135 cm³/mol. The standard InChI is InChI=1S/C30H36Si/c1-29(2,3)20-11-13-22-23-14-12-21(30(4,5)6)18-25(23)28(24(22)17-20)27-16-15-26(31-27)19-9-7-8-10-19/h7-9,11-14,17-18,26-28H,10,15-16H2,1-6H3. The molecule has 2 atom stereocenters. The Morgan fingerprint density at radius 3 is 1.84 bits per heavy atom. The number of benzene rings is 2. The summed E-state index contributed by atoms with van der Waals surface area (Å²) in [6, 6.07) is 14.7. The number of hydrogen-bond donors (Lipinski definition) is 0. The van der Waals surface area contributed by atoms with Crippen LogP contribution in [0, 0.1) is 0 Å². The minimum atomic E-state index is 0.186. The fourth-order valence-electron chi connectivity index (χ4n) is 5.71. The van der Waals surface area contributed by atoms with Gasteiger partial charge in [0.25, 0.3) is 0 Å². The minimum absolute atomic E-state index is 0.186. The van der Waals surface area contributed by atoms with Crippen LogP contribution in [0.3, 0.4) is 0 Å². The highest BCUT2D eigenvalue weighted by Crippen LogP contribution is 2.56. The zero-order valence-corrected chi connectivity index (χ0v) is 21.0. The lowest BCUT2D eigenvalue weighted by Gasteiger charge is -2.26. The zero-order chi connectivity index (χ0) is 22.0. The SMILES string of the molecule is CC(C)(C)c1ccc2c(c1)C(C1CCC(C3=CC=CC3)[Si]1)c1cc(C(C)(C)C)ccc1-2. The Hall–Kier alpha value is -1.86. The van der Waals surface area contributed by atoms with E-state index in [4.69, 9.17) is 0 Å². The van der Waals surface area contributed by atoms with Gasteiger partial charge in [0.2, 0.25) is 0 Å². The molecule has 2 aromatic carbocycles. The highest BCUT2D eigenvalue weighted by atomic mass is 28.2. The van der Waals surface area contributed by atoms with Crippen molar-refractivity contribution in [2.75, 3.05) is 0 Å². The molecule has 2 unspecified atom stereocenters. The van der Waals surface area contributed by atoms with Crippen LogP contribution in [0.4, 0.5) is 0 Å². The van der Waals surface area contributed by atoms with E-state index < -0.39 is 0 Å². The summed E-state index contributed by atoms with van der Waals surface area (Å²) in [5.74, 6) is 0.563. The van der Waals surface area contributed by atoms with E-state index in [9.17, 15) is 0 Å². The van der Waals surface area contributed by atoms with Crippen molar-refractivity contribution in [2.24, 2.45) is 0 Å². The summed E-state index contributed by atoms with van der Waals surface area (Å²) in [5, 5.41) is 0. The Labute approximate surface area is 191 Å². The van der Waals surface area contributed by atoms with Crippen molar-refractivity contribution in [3.05, 3.63) is 82.5 Å². The van der Waals surface area contributed by atoms with E-state index in [-0.39, 0.29) is 10.8 Å². The quantitative estimate of drug-likeness (QED) is 0.425. The van der Waals surface area contributed by atoms with Gasteiger partial charge in [-0.2, -0.15) is 0 Å². The van der Waals surface area contributed by atoms with Gasteiger partial charge in [-0.3, -0.25) is 0 Å². The van der Waals surface area contributed by atoms with Crippen LogP contribution >= 0.6 is 0 Å². The molecule has 1 saturated heterocycles. The van der Waals surface area contributed by atoms with Crippen molar-refractivity contribution in [3.63, 3.8) is 0 Å². The lowest BCUT2D eigenvalue weighted by atomic mass is 9.82. The van der Waals surface area contributed by atoms with Gasteiger partial charge in [-0.15, -0.1) is 0 Å². The summed E-state index contributed by atoms with van der Waals surface area (Å²) >= 11 is 0. The maximum atomic E-state index is 2.56. The minimum Gasteiger partial charge on any atom is -0.0805 e. The highest BCUT2D eigenvalue weighted by molar-refractivity contribution is 6.42. The van der Waals surface area contributed by atoms with Crippen molar-refractivity contribution in [1.29, 1.82) is 0 Å². The van der Waals surface area contributed by atoms with Crippen LogP contribution in [0.2, 0.25) is 11.1 Å². The van der Waals surface area contributed by atoms with Gasteiger partial charge in [-0.1, -0.05) is 108 Å². The van der Waals surface area contributed by atoms with E-state index in [0.29, 0.717) is 5.92 Å². The smallest absolute Gasteiger partial charge is 0.0513 e. The Balaban J connectivity index is 1.59. The third-order valence-corrected chi connectivity index (χ3v) is 9.74. The van der Waals surface area contributed by atoms with E-state index in [2.05, 4.69) is 96.2 Å². The van der Waals surface area contributed by atoms with Gasteiger partial charge in [0.05, 0.1) is 9.52 Å². The molecule has 0 nitrogen and oxygen atoms in total. The molecule has 5 rings (SSSR count). The first-order chi connectivity index (χ1) is 14.6. The topological polar surface area (TPSA) is 0 Å². The predicted octanol–water partition coefficient (Wildman–Crippen LogP) is 8.36. The molecule has 2 aliphatic carbocycles. The lowest BCUT2D eigenvalue weighted by molar-refractivity contribution is 0.585. The molecule has 0 bridgehead atoms. The molecule has 0 saturated carbocycles. The molecule has 0 aromatic heterocycles. The molecular formula is C30H36Si. The Kier molecular flexibility index (Phi) is 4.97. The maximum absolute atomic E-state index is 2.56. The van der Waals surface area contributed by atoms with Crippen molar-refractivity contribution in [1.82, 2.24) is 0 Å². The molecule has 3 aliphatic rings. The van der Waals surface area contributed by atoms with E-state index >= 15 is 0 Å². The second kappa shape index (κ2) is 7.34. The van der Waals surface area contributed by atoms with Gasteiger partial charge in [0, 0.05) is 5.92 Å². The lowest BCUT2D eigenvalue weighted by Crippen LogP contribution is -2.15. The molecule has 2 aromatic rings. The molecule has 2 radical (unpaired) electrons. The van der Waals surface area contributed by atoms with Gasteiger partial charge in [0.1, 0.15) is 0 Å². The van der Waals surface area contributed by atoms with Gasteiger partial charge in [0.15, 0.2) is 0 Å². The highest BCUT2D eigenvalue weighted by Gasteiger charge is 2.40. The van der Waals surface area contributed by atoms with Gasteiger partial charge in [-0.05, 0) is 68.1 Å². The van der Waals surface area contributed by atoms with Crippen molar-refractivity contribution in [3.8, 4) is 11.1 Å². The summed E-state index contributed by atoms with van der Waals surface area (Å²) in [5.41, 5.74) is 12.8. The molecular weight excluding hydrogens is 388 g/mol. The first kappa shape index (κ1) is 21.0. The number of allylic oxidation sites excluding steroid dienone is 4. The van der Waals surface area contributed by atoms with Gasteiger partial charge < -0.3 is 0 Å². The average Bonchev–Trinajstić information content (AvgIpc) is 3.43. The van der Waals surface area contributed by atoms with Crippen LogP contribution in [0.25, 0.3) is 11.1 Å². The van der Waals surface area contributed by atoms with E-state index in [1.165, 1.54) is 41.5 Å². The third-order valence-electron chi connectivity index (χ3n) is 7.63. The molecule has 1 heterocycles. The third kappa shape index (κ3) is 3.69. The Morgan fingerprint density at radius 2 is 1.35 bits per heavy atom. The number of fused-ring (bicyclic) bond motifs is 3. The monoisotopic (exact) mass is 424 g/mol. The van der Waals surface area contributed by atoms with Gasteiger partial charge in [-0.25, -0.2) is 0 Å². The molecule has 0 spiro atoms. The largest absolute Gasteiger partial charge is 0.0805 e. The van der Waals surface area contributed by atoms with E-state index in [1.807, 2.05) is 0 Å². The zero-order valence-electron chi connectivity index (χ0n) is 20.0. The van der Waals surface area contributed by atoms with Crippen molar-refractivity contribution < 1.29 is 0 Å². The number of rotatable bonds is 2.